The molecular weight excluding hydrogens is 530 g/mol. The van der Waals surface area contributed by atoms with Gasteiger partial charge in [-0.1, -0.05) is 24.2 Å². The number of carbonyl (C=O) groups excluding carboxylic acids is 1. The summed E-state index contributed by atoms with van der Waals surface area (Å²) in [4.78, 5) is 10.9. The molecule has 11 nitrogen and oxygen atoms in total. The van der Waals surface area contributed by atoms with Gasteiger partial charge in [0.1, 0.15) is 10.6 Å². The lowest BCUT2D eigenvalue weighted by Crippen LogP contribution is -2.58. The first-order chi connectivity index (χ1) is 16.7. The fraction of sp³-hybridized carbons (Fsp3) is 0.136. The molecule has 6 N–H and O–H groups in total. The van der Waals surface area contributed by atoms with Gasteiger partial charge in [-0.3, -0.25) is 13.9 Å². The molecule has 0 fully saturated rings. The summed E-state index contributed by atoms with van der Waals surface area (Å²) in [6.07, 6.45) is 0.352. The number of hydrogen-bond donors (Lipinski definition) is 6. The Morgan fingerprint density at radius 3 is 2.39 bits per heavy atom. The maximum absolute atomic E-state index is 12.4. The molecule has 0 radical (unpaired) electrons. The number of nitrogen functional groups attached to an aromatic ring is 1. The normalized spacial score (nSPS) is 13.2. The van der Waals surface area contributed by atoms with Crippen molar-refractivity contribution in [1.29, 1.82) is 0 Å². The Kier molecular flexibility index (Phi) is 7.57. The van der Waals surface area contributed by atoms with E-state index in [0.29, 0.717) is 16.6 Å². The van der Waals surface area contributed by atoms with Crippen LogP contribution >= 0.6 is 12.6 Å². The summed E-state index contributed by atoms with van der Waals surface area (Å²) >= 11 is 4.23. The summed E-state index contributed by atoms with van der Waals surface area (Å²) in [7, 11) is -9.68. The Hall–Kier alpha value is -3.30. The highest BCUT2D eigenvalue weighted by molar-refractivity contribution is 7.95. The number of azo groups is 1. The van der Waals surface area contributed by atoms with Crippen LogP contribution in [-0.4, -0.2) is 37.3 Å². The quantitative estimate of drug-likeness (QED) is 0.0637. The van der Waals surface area contributed by atoms with Gasteiger partial charge in [0.2, 0.25) is 5.75 Å². The molecule has 0 aromatic heterocycles. The van der Waals surface area contributed by atoms with E-state index in [1.54, 1.807) is 6.07 Å². The van der Waals surface area contributed by atoms with E-state index < -0.39 is 35.8 Å². The predicted molar refractivity (Wildman–Crippen MR) is 135 cm³/mol. The number of carbonyl (C=O) groups is 1. The second-order valence-corrected chi connectivity index (χ2v) is 10.9. The predicted octanol–water partition coefficient (Wildman–Crippen LogP) is 2.61. The number of allylic oxidation sites excluding steroid dienone is 1. The Morgan fingerprint density at radius 2 is 1.83 bits per heavy atom. The topological polar surface area (TPSA) is 198 Å². The van der Waals surface area contributed by atoms with E-state index in [0.717, 1.165) is 6.07 Å². The zero-order chi connectivity index (χ0) is 27.0. The lowest BCUT2D eigenvalue weighted by Gasteiger charge is -2.12. The molecule has 0 saturated heterocycles. The highest BCUT2D eigenvalue weighted by Crippen LogP contribution is 2.38. The lowest BCUT2D eigenvalue weighted by atomic mass is 10.0. The number of fused-ring (bicyclic) bond motifs is 1. The third-order valence-electron chi connectivity index (χ3n) is 5.35. The van der Waals surface area contributed by atoms with Gasteiger partial charge in [0.05, 0.1) is 15.8 Å². The van der Waals surface area contributed by atoms with Gasteiger partial charge in [0.25, 0.3) is 25.9 Å². The van der Waals surface area contributed by atoms with Crippen molar-refractivity contribution in [3.05, 3.63) is 58.8 Å². The molecule has 3 aromatic rings. The monoisotopic (exact) mass is 552 g/mol. The summed E-state index contributed by atoms with van der Waals surface area (Å²) in [6.45, 7) is 2.77. The molecule has 0 aliphatic heterocycles. The molecule has 0 spiro atoms. The summed E-state index contributed by atoms with van der Waals surface area (Å²) in [5, 5.41) is 18.0. The zero-order valence-corrected chi connectivity index (χ0v) is 21.4. The van der Waals surface area contributed by atoms with Gasteiger partial charge in [0, 0.05) is 16.1 Å². The Labute approximate surface area is 212 Å². The van der Waals surface area contributed by atoms with E-state index >= 15 is 0 Å². The van der Waals surface area contributed by atoms with Crippen LogP contribution in [0.3, 0.4) is 0 Å². The minimum atomic E-state index is -4.98. The van der Waals surface area contributed by atoms with Gasteiger partial charge in [-0.25, -0.2) is 0 Å². The minimum Gasteiger partial charge on any atom is -0.502 e. The van der Waals surface area contributed by atoms with Crippen molar-refractivity contribution in [2.24, 2.45) is 5.11 Å². The first kappa shape index (κ1) is 27.3. The summed E-state index contributed by atoms with van der Waals surface area (Å²) in [5.74, 6) is -0.433. The summed E-state index contributed by atoms with van der Waals surface area (Å²) in [5.41, 5.74) is 5.32. The van der Waals surface area contributed by atoms with Crippen LogP contribution in [0.15, 0.2) is 57.0 Å². The van der Waals surface area contributed by atoms with Crippen molar-refractivity contribution in [3.63, 3.8) is 0 Å². The molecule has 0 amide bonds. The highest BCUT2D eigenvalue weighted by Gasteiger charge is 2.28. The number of phenols is 1. The van der Waals surface area contributed by atoms with Crippen LogP contribution in [-0.2, 0) is 20.2 Å². The van der Waals surface area contributed by atoms with Crippen molar-refractivity contribution in [2.45, 2.75) is 30.1 Å². The fourth-order valence-electron chi connectivity index (χ4n) is 3.77. The van der Waals surface area contributed by atoms with Gasteiger partial charge in [0.15, 0.2) is 6.29 Å². The van der Waals surface area contributed by atoms with Gasteiger partial charge < -0.3 is 10.8 Å². The van der Waals surface area contributed by atoms with Crippen molar-refractivity contribution in [1.82, 2.24) is 0 Å². The van der Waals surface area contributed by atoms with E-state index in [9.17, 15) is 35.8 Å². The Balaban J connectivity index is 2.34. The Morgan fingerprint density at radius 1 is 1.17 bits per heavy atom. The number of nitrogens with two attached hydrogens (primary N) is 1. The van der Waals surface area contributed by atoms with Crippen LogP contribution in [0.25, 0.3) is 15.7 Å². The number of hydrogen-bond acceptors (Lipinski definition) is 9. The average molecular weight is 553 g/mol. The van der Waals surface area contributed by atoms with E-state index in [1.165, 1.54) is 38.1 Å². The second kappa shape index (κ2) is 9.99. The number of aldehydes is 1. The highest BCUT2D eigenvalue weighted by atomic mass is 32.2. The summed E-state index contributed by atoms with van der Waals surface area (Å²) in [6, 6.07) is 8.00. The number of nitrogens with zero attached hydrogens (tertiary/aromatic N) is 1. The number of phenolic OH excluding ortho intramolecular Hbond substituents is 1. The largest absolute Gasteiger partial charge is 0.502 e. The van der Waals surface area contributed by atoms with E-state index in [4.69, 9.17) is 5.73 Å². The minimum absolute atomic E-state index is 0.0320. The molecule has 3 rings (SSSR count). The first-order valence-corrected chi connectivity index (χ1v) is 13.5. The first-order valence-electron chi connectivity index (χ1n) is 10.2. The molecule has 0 heterocycles. The molecule has 190 valence electrons. The van der Waals surface area contributed by atoms with Crippen molar-refractivity contribution < 1.29 is 41.0 Å². The number of nitrogens with one attached hydrogen (secondary N) is 1. The number of benzene rings is 3. The molecule has 0 aliphatic rings. The van der Waals surface area contributed by atoms with Gasteiger partial charge in [-0.2, -0.15) is 16.8 Å². The molecule has 0 saturated carbocycles. The third-order valence-corrected chi connectivity index (χ3v) is 7.58. The van der Waals surface area contributed by atoms with Crippen LogP contribution < -0.4 is 10.8 Å². The third kappa shape index (κ3) is 5.27. The SMILES string of the molecule is CC/C(N=[NH+]c1c(C=O)cc2cc(S)cc(N)c2c1O)=C(\c1cccc(S(=O)(=O)O)c1C)S(=O)(=O)O. The Bertz CT molecular complexity index is 1680. The lowest BCUT2D eigenvalue weighted by molar-refractivity contribution is -0.437. The van der Waals surface area contributed by atoms with Crippen molar-refractivity contribution in [2.75, 3.05) is 5.73 Å². The number of aromatic hydroxyl groups is 1. The smallest absolute Gasteiger partial charge is 0.297 e. The van der Waals surface area contributed by atoms with Gasteiger partial charge in [-0.15, -0.1) is 12.6 Å². The molecule has 0 unspecified atom stereocenters. The number of thiol groups is 1. The molecular formula is C22H22N3O8S3+. The molecule has 14 heteroatoms. The molecule has 3 aromatic carbocycles. The van der Waals surface area contributed by atoms with Crippen LogP contribution in [0.1, 0.15) is 34.8 Å². The molecule has 0 bridgehead atoms. The maximum atomic E-state index is 12.4. The van der Waals surface area contributed by atoms with Gasteiger partial charge >= 0.3 is 0 Å². The van der Waals surface area contributed by atoms with Crippen LogP contribution in [0.5, 0.6) is 5.75 Å². The van der Waals surface area contributed by atoms with E-state index in [1.807, 2.05) is 0 Å². The maximum Gasteiger partial charge on any atom is 0.297 e. The van der Waals surface area contributed by atoms with Crippen LogP contribution in [0.2, 0.25) is 0 Å². The van der Waals surface area contributed by atoms with E-state index in [-0.39, 0.29) is 45.6 Å². The standard InChI is InChI=1S/C22H21N3O8S3/c1-3-17(22(36(31,32)33)15-5-4-6-18(11(15)2)35(28,29)30)24-25-20-13(10-26)7-12-8-14(34)9-16(23)19(12)21(20)27/h4-10,27,34H,3,23H2,1-2H3,(H,28,29,30)(H,31,32,33)/p+1/b22-17-,25-24?. The molecule has 0 atom stereocenters. The molecule has 36 heavy (non-hydrogen) atoms. The molecule has 0 aliphatic carbocycles. The van der Waals surface area contributed by atoms with Gasteiger partial charge in [-0.05, 0) is 53.7 Å². The number of anilines is 1. The average Bonchev–Trinajstić information content (AvgIpc) is 2.75. The van der Waals surface area contributed by atoms with Crippen LogP contribution in [0, 0.1) is 6.92 Å². The number of rotatable bonds is 7. The van der Waals surface area contributed by atoms with E-state index in [2.05, 4.69) is 22.9 Å². The van der Waals surface area contributed by atoms with Crippen molar-refractivity contribution in [3.8, 4) is 5.75 Å². The van der Waals surface area contributed by atoms with Crippen LogP contribution in [0.4, 0.5) is 11.4 Å². The summed E-state index contributed by atoms with van der Waals surface area (Å²) < 4.78 is 67.6. The fourth-order valence-corrected chi connectivity index (χ4v) is 5.78. The zero-order valence-electron chi connectivity index (χ0n) is 18.9. The second-order valence-electron chi connectivity index (χ2n) is 7.67. The van der Waals surface area contributed by atoms with Crippen molar-refractivity contribution >= 4 is 66.2 Å².